The lowest BCUT2D eigenvalue weighted by atomic mass is 10.1. The van der Waals surface area contributed by atoms with Gasteiger partial charge in [0, 0.05) is 42.0 Å². The highest BCUT2D eigenvalue weighted by molar-refractivity contribution is 5.96. The van der Waals surface area contributed by atoms with E-state index in [1.807, 2.05) is 0 Å². The van der Waals surface area contributed by atoms with Gasteiger partial charge in [-0.05, 0) is 13.0 Å². The summed E-state index contributed by atoms with van der Waals surface area (Å²) in [4.78, 5) is 29.2. The van der Waals surface area contributed by atoms with Crippen LogP contribution in [0.3, 0.4) is 0 Å². The molecule has 0 fully saturated rings. The molecule has 1 aromatic heterocycles. The van der Waals surface area contributed by atoms with E-state index < -0.39 is 4.92 Å². The van der Waals surface area contributed by atoms with Gasteiger partial charge in [0.15, 0.2) is 0 Å². The molecule has 0 aliphatic heterocycles. The summed E-state index contributed by atoms with van der Waals surface area (Å²) < 4.78 is 0. The summed E-state index contributed by atoms with van der Waals surface area (Å²) in [6, 6.07) is 4.47. The number of hydrogen-bond acceptors (Lipinski definition) is 4. The number of amides is 1. The SMILES string of the molecule is Cc1c(C(=O)NCCc2cnc[nH]2)cccc1[N+](=O)[O-]. The number of nitrogens with zero attached hydrogens (tertiary/aromatic N) is 2. The number of nitro benzene ring substituents is 1. The second-order valence-corrected chi connectivity index (χ2v) is 4.29. The van der Waals surface area contributed by atoms with Gasteiger partial charge < -0.3 is 10.3 Å². The fourth-order valence-corrected chi connectivity index (χ4v) is 1.89. The van der Waals surface area contributed by atoms with Crippen molar-refractivity contribution < 1.29 is 9.72 Å². The molecule has 2 aromatic rings. The van der Waals surface area contributed by atoms with Gasteiger partial charge in [0.2, 0.25) is 0 Å². The predicted octanol–water partition coefficient (Wildman–Crippen LogP) is 1.60. The van der Waals surface area contributed by atoms with E-state index in [0.717, 1.165) is 5.69 Å². The van der Waals surface area contributed by atoms with Crippen molar-refractivity contribution >= 4 is 11.6 Å². The van der Waals surface area contributed by atoms with Crippen LogP contribution in [-0.4, -0.2) is 27.3 Å². The number of aromatic amines is 1. The number of carbonyl (C=O) groups excluding carboxylic acids is 1. The van der Waals surface area contributed by atoms with E-state index in [1.165, 1.54) is 12.1 Å². The number of rotatable bonds is 5. The van der Waals surface area contributed by atoms with E-state index in [1.54, 1.807) is 25.5 Å². The summed E-state index contributed by atoms with van der Waals surface area (Å²) in [5.41, 5.74) is 1.56. The maximum Gasteiger partial charge on any atom is 0.273 e. The Labute approximate surface area is 115 Å². The smallest absolute Gasteiger partial charge is 0.273 e. The minimum atomic E-state index is -0.489. The molecule has 0 unspecified atom stereocenters. The monoisotopic (exact) mass is 274 g/mol. The van der Waals surface area contributed by atoms with Crippen LogP contribution in [0.2, 0.25) is 0 Å². The van der Waals surface area contributed by atoms with E-state index in [2.05, 4.69) is 15.3 Å². The molecule has 104 valence electrons. The molecule has 0 saturated heterocycles. The van der Waals surface area contributed by atoms with Crippen LogP contribution < -0.4 is 5.32 Å². The first-order chi connectivity index (χ1) is 9.59. The molecule has 0 atom stereocenters. The lowest BCUT2D eigenvalue weighted by Gasteiger charge is -2.07. The molecule has 0 aliphatic carbocycles. The number of H-pyrrole nitrogens is 1. The van der Waals surface area contributed by atoms with E-state index in [0.29, 0.717) is 24.1 Å². The summed E-state index contributed by atoms with van der Waals surface area (Å²) in [7, 11) is 0. The fraction of sp³-hybridized carbons (Fsp3) is 0.231. The number of benzene rings is 1. The van der Waals surface area contributed by atoms with Crippen molar-refractivity contribution in [3.8, 4) is 0 Å². The van der Waals surface area contributed by atoms with Crippen LogP contribution in [0.15, 0.2) is 30.7 Å². The Morgan fingerprint density at radius 2 is 2.30 bits per heavy atom. The number of aromatic nitrogens is 2. The van der Waals surface area contributed by atoms with Gasteiger partial charge in [-0.25, -0.2) is 4.98 Å². The second-order valence-electron chi connectivity index (χ2n) is 4.29. The molecule has 0 saturated carbocycles. The molecule has 7 heteroatoms. The zero-order valence-corrected chi connectivity index (χ0v) is 10.9. The van der Waals surface area contributed by atoms with Crippen LogP contribution in [-0.2, 0) is 6.42 Å². The highest BCUT2D eigenvalue weighted by Gasteiger charge is 2.17. The lowest BCUT2D eigenvalue weighted by molar-refractivity contribution is -0.385. The minimum Gasteiger partial charge on any atom is -0.352 e. The van der Waals surface area contributed by atoms with Crippen LogP contribution in [0.1, 0.15) is 21.6 Å². The van der Waals surface area contributed by atoms with Gasteiger partial charge in [0.05, 0.1) is 11.3 Å². The van der Waals surface area contributed by atoms with Gasteiger partial charge in [-0.2, -0.15) is 0 Å². The molecule has 7 nitrogen and oxygen atoms in total. The first-order valence-corrected chi connectivity index (χ1v) is 6.09. The molecule has 0 radical (unpaired) electrons. The van der Waals surface area contributed by atoms with Gasteiger partial charge >= 0.3 is 0 Å². The third-order valence-corrected chi connectivity index (χ3v) is 2.98. The third kappa shape index (κ3) is 3.00. The second kappa shape index (κ2) is 5.96. The Bertz CT molecular complexity index is 623. The van der Waals surface area contributed by atoms with E-state index in [9.17, 15) is 14.9 Å². The van der Waals surface area contributed by atoms with Crippen LogP contribution in [0.4, 0.5) is 5.69 Å². The summed E-state index contributed by atoms with van der Waals surface area (Å²) in [5.74, 6) is -0.314. The van der Waals surface area contributed by atoms with Gasteiger partial charge in [0.25, 0.3) is 11.6 Å². The Kier molecular flexibility index (Phi) is 4.09. The number of hydrogen-bond donors (Lipinski definition) is 2. The van der Waals surface area contributed by atoms with Crippen molar-refractivity contribution in [1.82, 2.24) is 15.3 Å². The molecule has 2 N–H and O–H groups in total. The molecule has 0 aliphatic rings. The van der Waals surface area contributed by atoms with Crippen molar-refractivity contribution in [3.63, 3.8) is 0 Å². The Morgan fingerprint density at radius 1 is 1.50 bits per heavy atom. The summed E-state index contributed by atoms with van der Waals surface area (Å²) >= 11 is 0. The number of carbonyl (C=O) groups is 1. The van der Waals surface area contributed by atoms with E-state index in [4.69, 9.17) is 0 Å². The summed E-state index contributed by atoms with van der Waals surface area (Å²) in [5, 5.41) is 13.6. The molecule has 1 aromatic carbocycles. The number of nitro groups is 1. The van der Waals surface area contributed by atoms with E-state index in [-0.39, 0.29) is 11.6 Å². The van der Waals surface area contributed by atoms with Gasteiger partial charge in [-0.3, -0.25) is 14.9 Å². The minimum absolute atomic E-state index is 0.0498. The molecule has 1 amide bonds. The molecule has 0 spiro atoms. The van der Waals surface area contributed by atoms with Crippen LogP contribution in [0.25, 0.3) is 0 Å². The Hall–Kier alpha value is -2.70. The van der Waals surface area contributed by atoms with Crippen molar-refractivity contribution in [2.75, 3.05) is 6.54 Å². The first-order valence-electron chi connectivity index (χ1n) is 6.09. The summed E-state index contributed by atoms with van der Waals surface area (Å²) in [6.07, 6.45) is 3.88. The zero-order valence-electron chi connectivity index (χ0n) is 10.9. The average Bonchev–Trinajstić information content (AvgIpc) is 2.91. The maximum atomic E-state index is 12.0. The van der Waals surface area contributed by atoms with Crippen molar-refractivity contribution in [1.29, 1.82) is 0 Å². The van der Waals surface area contributed by atoms with Gasteiger partial charge in [0.1, 0.15) is 0 Å². The topological polar surface area (TPSA) is 101 Å². The largest absolute Gasteiger partial charge is 0.352 e. The highest BCUT2D eigenvalue weighted by Crippen LogP contribution is 2.20. The normalized spacial score (nSPS) is 10.2. The number of nitrogens with one attached hydrogen (secondary N) is 2. The van der Waals surface area contributed by atoms with Gasteiger partial charge in [-0.15, -0.1) is 0 Å². The lowest BCUT2D eigenvalue weighted by Crippen LogP contribution is -2.26. The molecule has 0 bridgehead atoms. The van der Waals surface area contributed by atoms with Crippen molar-refractivity contribution in [2.45, 2.75) is 13.3 Å². The zero-order chi connectivity index (χ0) is 14.5. The molecular weight excluding hydrogens is 260 g/mol. The van der Waals surface area contributed by atoms with Crippen LogP contribution >= 0.6 is 0 Å². The molecule has 1 heterocycles. The van der Waals surface area contributed by atoms with Crippen molar-refractivity contribution in [2.24, 2.45) is 0 Å². The quantitative estimate of drug-likeness (QED) is 0.638. The third-order valence-electron chi connectivity index (χ3n) is 2.98. The molecule has 2 rings (SSSR count). The molecular formula is C13H14N4O3. The van der Waals surface area contributed by atoms with Crippen molar-refractivity contribution in [3.05, 3.63) is 57.7 Å². The Balaban J connectivity index is 2.02. The first kappa shape index (κ1) is 13.7. The molecule has 20 heavy (non-hydrogen) atoms. The summed E-state index contributed by atoms with van der Waals surface area (Å²) in [6.45, 7) is 2.01. The van der Waals surface area contributed by atoms with Crippen LogP contribution in [0, 0.1) is 17.0 Å². The van der Waals surface area contributed by atoms with Gasteiger partial charge in [-0.1, -0.05) is 6.07 Å². The maximum absolute atomic E-state index is 12.0. The van der Waals surface area contributed by atoms with Crippen LogP contribution in [0.5, 0.6) is 0 Å². The highest BCUT2D eigenvalue weighted by atomic mass is 16.6. The average molecular weight is 274 g/mol. The standard InChI is InChI=1S/C13H14N4O3/c1-9-11(3-2-4-12(9)17(19)20)13(18)15-6-5-10-7-14-8-16-10/h2-4,7-8H,5-6H2,1H3,(H,14,16)(H,15,18). The fourth-order valence-electron chi connectivity index (χ4n) is 1.89. The number of imidazole rings is 1. The Morgan fingerprint density at radius 3 is 2.95 bits per heavy atom. The van der Waals surface area contributed by atoms with E-state index >= 15 is 0 Å². The predicted molar refractivity (Wildman–Crippen MR) is 72.5 cm³/mol.